The topological polar surface area (TPSA) is 58.6 Å². The van der Waals surface area contributed by atoms with Crippen LogP contribution < -0.4 is 5.32 Å². The minimum atomic E-state index is -0.551. The van der Waals surface area contributed by atoms with E-state index in [4.69, 9.17) is 4.74 Å². The van der Waals surface area contributed by atoms with Crippen LogP contribution in [0.4, 0.5) is 0 Å². The van der Waals surface area contributed by atoms with Gasteiger partial charge in [-0.25, -0.2) is 0 Å². The number of morpholine rings is 1. The molecule has 1 aliphatic rings. The second kappa shape index (κ2) is 5.81. The van der Waals surface area contributed by atoms with E-state index in [1.54, 1.807) is 11.9 Å². The van der Waals surface area contributed by atoms with Gasteiger partial charge < -0.3 is 15.0 Å². The third-order valence-corrected chi connectivity index (χ3v) is 4.58. The molecule has 1 aromatic heterocycles. The number of amides is 2. The normalized spacial score (nSPS) is 19.7. The molecule has 1 atom stereocenters. The first-order valence-electron chi connectivity index (χ1n) is 5.48. The SMILES string of the molecule is CNC(=O)C1COCCN1C(=O)c1sccc1Br. The zero-order chi connectivity index (χ0) is 13.1. The Hall–Kier alpha value is -0.920. The van der Waals surface area contributed by atoms with E-state index in [1.807, 2.05) is 11.4 Å². The van der Waals surface area contributed by atoms with Gasteiger partial charge in [0.1, 0.15) is 10.9 Å². The molecule has 18 heavy (non-hydrogen) atoms. The van der Waals surface area contributed by atoms with E-state index in [0.717, 1.165) is 4.47 Å². The molecule has 0 aliphatic carbocycles. The van der Waals surface area contributed by atoms with E-state index in [9.17, 15) is 9.59 Å². The monoisotopic (exact) mass is 332 g/mol. The number of nitrogens with zero attached hydrogens (tertiary/aromatic N) is 1. The Morgan fingerprint density at radius 2 is 2.39 bits per heavy atom. The lowest BCUT2D eigenvalue weighted by Gasteiger charge is -2.34. The molecule has 0 saturated carbocycles. The second-order valence-electron chi connectivity index (χ2n) is 3.80. The van der Waals surface area contributed by atoms with Gasteiger partial charge in [0.15, 0.2) is 0 Å². The highest BCUT2D eigenvalue weighted by Crippen LogP contribution is 2.25. The molecule has 98 valence electrons. The standard InChI is InChI=1S/C11H13BrN2O3S/c1-13-10(15)8-6-17-4-3-14(8)11(16)9-7(12)2-5-18-9/h2,5,8H,3-4,6H2,1H3,(H,13,15). The van der Waals surface area contributed by atoms with Crippen molar-refractivity contribution in [2.24, 2.45) is 0 Å². The van der Waals surface area contributed by atoms with Crippen LogP contribution in [0.1, 0.15) is 9.67 Å². The van der Waals surface area contributed by atoms with Crippen molar-refractivity contribution in [2.45, 2.75) is 6.04 Å². The molecule has 1 unspecified atom stereocenters. The first kappa shape index (κ1) is 13.5. The Morgan fingerprint density at radius 1 is 1.61 bits per heavy atom. The molecule has 2 rings (SSSR count). The highest BCUT2D eigenvalue weighted by atomic mass is 79.9. The Bertz CT molecular complexity index is 463. The summed E-state index contributed by atoms with van der Waals surface area (Å²) in [5, 5.41) is 4.40. The summed E-state index contributed by atoms with van der Waals surface area (Å²) in [6.07, 6.45) is 0. The lowest BCUT2D eigenvalue weighted by atomic mass is 10.2. The van der Waals surface area contributed by atoms with E-state index >= 15 is 0 Å². The maximum Gasteiger partial charge on any atom is 0.265 e. The van der Waals surface area contributed by atoms with Crippen molar-refractivity contribution in [3.63, 3.8) is 0 Å². The van der Waals surface area contributed by atoms with Gasteiger partial charge in [0.2, 0.25) is 5.91 Å². The summed E-state index contributed by atoms with van der Waals surface area (Å²) in [6, 6.07) is 1.28. The maximum atomic E-state index is 12.4. The predicted octanol–water partition coefficient (Wildman–Crippen LogP) is 1.10. The first-order chi connectivity index (χ1) is 8.65. The van der Waals surface area contributed by atoms with E-state index in [2.05, 4.69) is 21.2 Å². The summed E-state index contributed by atoms with van der Waals surface area (Å²) in [7, 11) is 1.56. The van der Waals surface area contributed by atoms with Gasteiger partial charge in [-0.15, -0.1) is 11.3 Å². The van der Waals surface area contributed by atoms with Gasteiger partial charge in [-0.3, -0.25) is 9.59 Å². The smallest absolute Gasteiger partial charge is 0.265 e. The Morgan fingerprint density at radius 3 is 3.00 bits per heavy atom. The number of nitrogens with one attached hydrogen (secondary N) is 1. The van der Waals surface area contributed by atoms with Gasteiger partial charge in [0, 0.05) is 18.1 Å². The summed E-state index contributed by atoms with van der Waals surface area (Å²) in [5.41, 5.74) is 0. The lowest BCUT2D eigenvalue weighted by molar-refractivity contribution is -0.130. The zero-order valence-corrected chi connectivity index (χ0v) is 12.2. The van der Waals surface area contributed by atoms with Crippen molar-refractivity contribution < 1.29 is 14.3 Å². The summed E-state index contributed by atoms with van der Waals surface area (Å²) in [6.45, 7) is 1.14. The van der Waals surface area contributed by atoms with Crippen LogP contribution in [0.3, 0.4) is 0 Å². The molecular formula is C11H13BrN2O3S. The molecule has 1 aromatic rings. The van der Waals surface area contributed by atoms with Crippen molar-refractivity contribution in [1.29, 1.82) is 0 Å². The number of likely N-dealkylation sites (N-methyl/N-ethyl adjacent to an activating group) is 1. The molecule has 2 amide bonds. The van der Waals surface area contributed by atoms with Crippen LogP contribution in [0.5, 0.6) is 0 Å². The molecule has 0 radical (unpaired) electrons. The van der Waals surface area contributed by atoms with E-state index in [1.165, 1.54) is 11.3 Å². The summed E-state index contributed by atoms with van der Waals surface area (Å²) in [4.78, 5) is 26.3. The largest absolute Gasteiger partial charge is 0.377 e. The molecule has 0 bridgehead atoms. The van der Waals surface area contributed by atoms with Gasteiger partial charge in [-0.05, 0) is 27.4 Å². The third kappa shape index (κ3) is 2.57. The lowest BCUT2D eigenvalue weighted by Crippen LogP contribution is -2.55. The van der Waals surface area contributed by atoms with Crippen molar-refractivity contribution in [1.82, 2.24) is 10.2 Å². The molecule has 5 nitrogen and oxygen atoms in total. The average molecular weight is 333 g/mol. The molecule has 0 aromatic carbocycles. The summed E-state index contributed by atoms with van der Waals surface area (Å²) >= 11 is 4.70. The van der Waals surface area contributed by atoms with Crippen molar-refractivity contribution >= 4 is 39.1 Å². The fraction of sp³-hybridized carbons (Fsp3) is 0.455. The molecule has 1 aliphatic heterocycles. The first-order valence-corrected chi connectivity index (χ1v) is 7.15. The van der Waals surface area contributed by atoms with E-state index in [-0.39, 0.29) is 18.4 Å². The van der Waals surface area contributed by atoms with Crippen molar-refractivity contribution in [3.8, 4) is 0 Å². The summed E-state index contributed by atoms with van der Waals surface area (Å²) < 4.78 is 6.03. The van der Waals surface area contributed by atoms with Crippen LogP contribution in [0, 0.1) is 0 Å². The Balaban J connectivity index is 2.21. The number of hydrogen-bond acceptors (Lipinski definition) is 4. The molecule has 1 fully saturated rings. The molecule has 0 spiro atoms. The zero-order valence-electron chi connectivity index (χ0n) is 9.81. The Kier molecular flexibility index (Phi) is 4.36. The number of ether oxygens (including phenoxy) is 1. The highest BCUT2D eigenvalue weighted by Gasteiger charge is 2.33. The third-order valence-electron chi connectivity index (χ3n) is 2.75. The fourth-order valence-corrected chi connectivity index (χ4v) is 3.30. The average Bonchev–Trinajstić information content (AvgIpc) is 2.83. The highest BCUT2D eigenvalue weighted by molar-refractivity contribution is 9.10. The molecule has 2 heterocycles. The quantitative estimate of drug-likeness (QED) is 0.882. The van der Waals surface area contributed by atoms with Gasteiger partial charge in [-0.1, -0.05) is 0 Å². The number of carbonyl (C=O) groups excluding carboxylic acids is 2. The molecule has 7 heteroatoms. The van der Waals surface area contributed by atoms with E-state index in [0.29, 0.717) is 18.0 Å². The summed E-state index contributed by atoms with van der Waals surface area (Å²) in [5.74, 6) is -0.329. The van der Waals surface area contributed by atoms with Crippen LogP contribution in [0.15, 0.2) is 15.9 Å². The fourth-order valence-electron chi connectivity index (χ4n) is 1.81. The number of halogens is 1. The van der Waals surface area contributed by atoms with Gasteiger partial charge in [0.05, 0.1) is 13.2 Å². The van der Waals surface area contributed by atoms with Crippen molar-refractivity contribution in [3.05, 3.63) is 20.8 Å². The minimum Gasteiger partial charge on any atom is -0.377 e. The molecule has 1 N–H and O–H groups in total. The van der Waals surface area contributed by atoms with Crippen LogP contribution in [0.2, 0.25) is 0 Å². The molecule has 1 saturated heterocycles. The molecular weight excluding hydrogens is 320 g/mol. The van der Waals surface area contributed by atoms with Crippen LogP contribution in [-0.2, 0) is 9.53 Å². The number of carbonyl (C=O) groups is 2. The van der Waals surface area contributed by atoms with Gasteiger partial charge in [0.25, 0.3) is 5.91 Å². The van der Waals surface area contributed by atoms with Gasteiger partial charge >= 0.3 is 0 Å². The van der Waals surface area contributed by atoms with Crippen LogP contribution >= 0.6 is 27.3 Å². The minimum absolute atomic E-state index is 0.131. The number of rotatable bonds is 2. The predicted molar refractivity (Wildman–Crippen MR) is 71.7 cm³/mol. The van der Waals surface area contributed by atoms with Crippen molar-refractivity contribution in [2.75, 3.05) is 26.8 Å². The maximum absolute atomic E-state index is 12.4. The van der Waals surface area contributed by atoms with Crippen LogP contribution in [0.25, 0.3) is 0 Å². The number of hydrogen-bond donors (Lipinski definition) is 1. The Labute approximate surface area is 117 Å². The van der Waals surface area contributed by atoms with Crippen LogP contribution in [-0.4, -0.2) is 49.6 Å². The van der Waals surface area contributed by atoms with E-state index < -0.39 is 6.04 Å². The second-order valence-corrected chi connectivity index (χ2v) is 5.57. The number of thiophene rings is 1. The van der Waals surface area contributed by atoms with Gasteiger partial charge in [-0.2, -0.15) is 0 Å².